The summed E-state index contributed by atoms with van der Waals surface area (Å²) in [5.74, 6) is 0.868. The molecular weight excluding hydrogens is 266 g/mol. The topological polar surface area (TPSA) is 63.1 Å². The molecule has 0 radical (unpaired) electrons. The van der Waals surface area contributed by atoms with E-state index in [1.807, 2.05) is 24.1 Å². The predicted octanol–water partition coefficient (Wildman–Crippen LogP) is 1.83. The normalized spacial score (nSPS) is 18.0. The first-order chi connectivity index (χ1) is 10.2. The molecule has 0 aromatic carbocycles. The molecule has 3 rings (SSSR count). The molecule has 0 bridgehead atoms. The van der Waals surface area contributed by atoms with Crippen LogP contribution in [0.15, 0.2) is 30.6 Å². The van der Waals surface area contributed by atoms with Gasteiger partial charge >= 0.3 is 0 Å². The molecule has 6 nitrogen and oxygen atoms in total. The van der Waals surface area contributed by atoms with Crippen molar-refractivity contribution in [1.82, 2.24) is 19.7 Å². The van der Waals surface area contributed by atoms with Gasteiger partial charge in [-0.3, -0.25) is 9.48 Å². The van der Waals surface area contributed by atoms with Gasteiger partial charge in [-0.05, 0) is 36.6 Å². The van der Waals surface area contributed by atoms with Crippen molar-refractivity contribution >= 4 is 11.7 Å². The number of carbonyl (C=O) groups excluding carboxylic acids is 1. The molecule has 1 aliphatic heterocycles. The lowest BCUT2D eigenvalue weighted by atomic mass is 10.1. The number of aromatic nitrogens is 3. The highest BCUT2D eigenvalue weighted by Gasteiger charge is 2.31. The number of nitrogens with one attached hydrogen (secondary N) is 1. The average molecular weight is 285 g/mol. The molecule has 0 saturated carbocycles. The number of rotatable bonds is 3. The van der Waals surface area contributed by atoms with E-state index in [4.69, 9.17) is 0 Å². The Hall–Kier alpha value is -2.37. The molecule has 1 fully saturated rings. The number of carbonyl (C=O) groups is 1. The standard InChI is InChI=1S/C15H19N5O/c1-16-14-10-11(5-7-17-14)12-4-3-9-20(12)15(21)13-6-8-18-19(13)2/h5-8,10,12H,3-4,9H2,1-2H3,(H,16,17). The van der Waals surface area contributed by atoms with Crippen molar-refractivity contribution < 1.29 is 4.79 Å². The summed E-state index contributed by atoms with van der Waals surface area (Å²) in [7, 11) is 3.64. The Kier molecular flexibility index (Phi) is 3.60. The van der Waals surface area contributed by atoms with Crippen molar-refractivity contribution in [3.63, 3.8) is 0 Å². The fourth-order valence-electron chi connectivity index (χ4n) is 2.88. The molecule has 1 amide bonds. The van der Waals surface area contributed by atoms with E-state index in [2.05, 4.69) is 15.4 Å². The summed E-state index contributed by atoms with van der Waals surface area (Å²) in [6.07, 6.45) is 5.44. The van der Waals surface area contributed by atoms with Crippen molar-refractivity contribution in [3.8, 4) is 0 Å². The summed E-state index contributed by atoms with van der Waals surface area (Å²) in [5.41, 5.74) is 1.76. The Bertz CT molecular complexity index is 651. The second-order valence-electron chi connectivity index (χ2n) is 5.22. The van der Waals surface area contributed by atoms with Gasteiger partial charge in [0.1, 0.15) is 11.5 Å². The number of anilines is 1. The first-order valence-corrected chi connectivity index (χ1v) is 7.13. The Morgan fingerprint density at radius 2 is 2.24 bits per heavy atom. The monoisotopic (exact) mass is 285 g/mol. The summed E-state index contributed by atoms with van der Waals surface area (Å²) in [6, 6.07) is 5.88. The Morgan fingerprint density at radius 1 is 1.38 bits per heavy atom. The molecule has 0 aliphatic carbocycles. The number of amides is 1. The predicted molar refractivity (Wildman–Crippen MR) is 80.0 cm³/mol. The molecule has 0 spiro atoms. The minimum Gasteiger partial charge on any atom is -0.373 e. The van der Waals surface area contributed by atoms with Crippen LogP contribution in [0.25, 0.3) is 0 Å². The smallest absolute Gasteiger partial charge is 0.272 e. The zero-order chi connectivity index (χ0) is 14.8. The van der Waals surface area contributed by atoms with Gasteiger partial charge in [0, 0.05) is 33.0 Å². The quantitative estimate of drug-likeness (QED) is 0.934. The van der Waals surface area contributed by atoms with E-state index < -0.39 is 0 Å². The first-order valence-electron chi connectivity index (χ1n) is 7.13. The molecule has 110 valence electrons. The second-order valence-corrected chi connectivity index (χ2v) is 5.22. The van der Waals surface area contributed by atoms with Gasteiger partial charge in [-0.15, -0.1) is 0 Å². The third-order valence-electron chi connectivity index (χ3n) is 3.98. The maximum Gasteiger partial charge on any atom is 0.272 e. The highest BCUT2D eigenvalue weighted by atomic mass is 16.2. The fourth-order valence-corrected chi connectivity index (χ4v) is 2.88. The molecule has 1 aliphatic rings. The Labute approximate surface area is 123 Å². The van der Waals surface area contributed by atoms with Crippen LogP contribution in [-0.4, -0.2) is 39.2 Å². The molecule has 3 heterocycles. The van der Waals surface area contributed by atoms with Gasteiger partial charge in [-0.2, -0.15) is 5.10 Å². The van der Waals surface area contributed by atoms with Crippen molar-refractivity contribution in [2.45, 2.75) is 18.9 Å². The number of hydrogen-bond donors (Lipinski definition) is 1. The highest BCUT2D eigenvalue weighted by molar-refractivity contribution is 5.93. The molecule has 1 atom stereocenters. The Morgan fingerprint density at radius 3 is 2.95 bits per heavy atom. The van der Waals surface area contributed by atoms with E-state index >= 15 is 0 Å². The van der Waals surface area contributed by atoms with Gasteiger partial charge in [0.25, 0.3) is 5.91 Å². The van der Waals surface area contributed by atoms with Crippen molar-refractivity contribution in [2.24, 2.45) is 7.05 Å². The average Bonchev–Trinajstić information content (AvgIpc) is 3.15. The van der Waals surface area contributed by atoms with Crippen LogP contribution in [0.2, 0.25) is 0 Å². The SMILES string of the molecule is CNc1cc(C2CCCN2C(=O)c2ccnn2C)ccn1. The van der Waals surface area contributed by atoms with E-state index in [-0.39, 0.29) is 11.9 Å². The summed E-state index contributed by atoms with van der Waals surface area (Å²) >= 11 is 0. The van der Waals surface area contributed by atoms with Crippen molar-refractivity contribution in [3.05, 3.63) is 41.9 Å². The number of aryl methyl sites for hydroxylation is 1. The van der Waals surface area contributed by atoms with Crippen LogP contribution in [0.1, 0.15) is 34.9 Å². The number of nitrogens with zero attached hydrogens (tertiary/aromatic N) is 4. The summed E-state index contributed by atoms with van der Waals surface area (Å²) in [5, 5.41) is 7.13. The van der Waals surface area contributed by atoms with Gasteiger partial charge in [0.15, 0.2) is 0 Å². The molecule has 1 N–H and O–H groups in total. The van der Waals surface area contributed by atoms with Gasteiger partial charge in [0.05, 0.1) is 6.04 Å². The summed E-state index contributed by atoms with van der Waals surface area (Å²) in [4.78, 5) is 18.9. The maximum atomic E-state index is 12.7. The van der Waals surface area contributed by atoms with Crippen LogP contribution >= 0.6 is 0 Å². The summed E-state index contributed by atoms with van der Waals surface area (Å²) < 4.78 is 1.63. The first kappa shape index (κ1) is 13.6. The summed E-state index contributed by atoms with van der Waals surface area (Å²) in [6.45, 7) is 0.784. The molecular formula is C15H19N5O. The highest BCUT2D eigenvalue weighted by Crippen LogP contribution is 2.33. The fraction of sp³-hybridized carbons (Fsp3) is 0.400. The third-order valence-corrected chi connectivity index (χ3v) is 3.98. The van der Waals surface area contributed by atoms with E-state index in [0.29, 0.717) is 5.69 Å². The third kappa shape index (κ3) is 2.49. The maximum absolute atomic E-state index is 12.7. The zero-order valence-corrected chi connectivity index (χ0v) is 12.3. The van der Waals surface area contributed by atoms with Crippen molar-refractivity contribution in [1.29, 1.82) is 0 Å². The van der Waals surface area contributed by atoms with E-state index in [1.165, 1.54) is 0 Å². The van der Waals surface area contributed by atoms with Crippen LogP contribution in [0.3, 0.4) is 0 Å². The number of hydrogen-bond acceptors (Lipinski definition) is 4. The lowest BCUT2D eigenvalue weighted by molar-refractivity contribution is 0.0724. The van der Waals surface area contributed by atoms with E-state index in [9.17, 15) is 4.79 Å². The van der Waals surface area contributed by atoms with Crippen LogP contribution in [-0.2, 0) is 7.05 Å². The molecule has 6 heteroatoms. The molecule has 1 saturated heterocycles. The van der Waals surface area contributed by atoms with Gasteiger partial charge < -0.3 is 10.2 Å². The van der Waals surface area contributed by atoms with Crippen LogP contribution in [0.4, 0.5) is 5.82 Å². The minimum atomic E-state index is 0.0420. The second kappa shape index (κ2) is 5.55. The van der Waals surface area contributed by atoms with Crippen LogP contribution in [0.5, 0.6) is 0 Å². The van der Waals surface area contributed by atoms with Gasteiger partial charge in [-0.25, -0.2) is 4.98 Å². The van der Waals surface area contributed by atoms with E-state index in [1.54, 1.807) is 30.2 Å². The lowest BCUT2D eigenvalue weighted by Crippen LogP contribution is -2.32. The lowest BCUT2D eigenvalue weighted by Gasteiger charge is -2.25. The van der Waals surface area contributed by atoms with E-state index in [0.717, 1.165) is 30.8 Å². The molecule has 21 heavy (non-hydrogen) atoms. The van der Waals surface area contributed by atoms with Gasteiger partial charge in [0.2, 0.25) is 0 Å². The van der Waals surface area contributed by atoms with Crippen molar-refractivity contribution in [2.75, 3.05) is 18.9 Å². The number of pyridine rings is 1. The molecule has 1 unspecified atom stereocenters. The van der Waals surface area contributed by atoms with Gasteiger partial charge in [-0.1, -0.05) is 0 Å². The Balaban J connectivity index is 1.88. The zero-order valence-electron chi connectivity index (χ0n) is 12.3. The van der Waals surface area contributed by atoms with Crippen LogP contribution in [0, 0.1) is 0 Å². The minimum absolute atomic E-state index is 0.0420. The molecule has 2 aromatic rings. The van der Waals surface area contributed by atoms with Crippen LogP contribution < -0.4 is 5.32 Å². The largest absolute Gasteiger partial charge is 0.373 e. The number of likely N-dealkylation sites (tertiary alicyclic amines) is 1. The molecule has 2 aromatic heterocycles.